The topological polar surface area (TPSA) is 45.7 Å². The number of methoxy groups -OCH3 is 1. The molecule has 26 heavy (non-hydrogen) atoms. The van der Waals surface area contributed by atoms with Gasteiger partial charge in [-0.25, -0.2) is 0 Å². The quantitative estimate of drug-likeness (QED) is 0.800. The third-order valence-electron chi connectivity index (χ3n) is 4.84. The number of pyridine rings is 1. The first-order chi connectivity index (χ1) is 12.8. The van der Waals surface area contributed by atoms with Crippen LogP contribution in [-0.4, -0.2) is 67.1 Å². The smallest absolute Gasteiger partial charge is 0.255 e. The molecular formula is C21H27N3O2. The predicted molar refractivity (Wildman–Crippen MR) is 102 cm³/mol. The van der Waals surface area contributed by atoms with Gasteiger partial charge in [0.05, 0.1) is 12.2 Å². The predicted octanol–water partition coefficient (Wildman–Crippen LogP) is 2.34. The van der Waals surface area contributed by atoms with E-state index in [2.05, 4.69) is 34.1 Å². The van der Waals surface area contributed by atoms with E-state index in [0.717, 1.165) is 39.1 Å². The second-order valence-corrected chi connectivity index (χ2v) is 6.85. The molecular weight excluding hydrogens is 326 g/mol. The van der Waals surface area contributed by atoms with Gasteiger partial charge in [-0.3, -0.25) is 9.78 Å². The summed E-state index contributed by atoms with van der Waals surface area (Å²) in [5, 5.41) is 0. The summed E-state index contributed by atoms with van der Waals surface area (Å²) in [5.74, 6) is 0.378. The van der Waals surface area contributed by atoms with Crippen molar-refractivity contribution in [2.75, 3.05) is 46.4 Å². The molecule has 1 aromatic carbocycles. The Kier molecular flexibility index (Phi) is 6.75. The van der Waals surface area contributed by atoms with E-state index in [0.29, 0.717) is 18.1 Å². The number of nitrogens with zero attached hydrogens (tertiary/aromatic N) is 3. The molecule has 1 saturated heterocycles. The van der Waals surface area contributed by atoms with Crippen molar-refractivity contribution in [3.63, 3.8) is 0 Å². The summed E-state index contributed by atoms with van der Waals surface area (Å²) in [6.07, 6.45) is 4.36. The Labute approximate surface area is 155 Å². The van der Waals surface area contributed by atoms with E-state index < -0.39 is 0 Å². The maximum Gasteiger partial charge on any atom is 0.255 e. The Balaban J connectivity index is 1.63. The van der Waals surface area contributed by atoms with Crippen LogP contribution in [-0.2, 0) is 11.2 Å². The fourth-order valence-electron chi connectivity index (χ4n) is 3.51. The highest BCUT2D eigenvalue weighted by Crippen LogP contribution is 2.14. The van der Waals surface area contributed by atoms with Crippen LogP contribution in [0.15, 0.2) is 54.9 Å². The fraction of sp³-hybridized carbons (Fsp3) is 0.429. The van der Waals surface area contributed by atoms with Crippen LogP contribution in [0.5, 0.6) is 0 Å². The van der Waals surface area contributed by atoms with Gasteiger partial charge in [0.15, 0.2) is 0 Å². The van der Waals surface area contributed by atoms with Gasteiger partial charge in [-0.15, -0.1) is 0 Å². The number of carbonyl (C=O) groups is 1. The third kappa shape index (κ3) is 5.13. The van der Waals surface area contributed by atoms with Crippen molar-refractivity contribution in [1.29, 1.82) is 0 Å². The number of aromatic nitrogens is 1. The summed E-state index contributed by atoms with van der Waals surface area (Å²) in [4.78, 5) is 21.3. The molecule has 0 radical (unpaired) electrons. The molecule has 2 aromatic rings. The molecule has 0 saturated carbocycles. The van der Waals surface area contributed by atoms with E-state index in [1.807, 2.05) is 23.1 Å². The summed E-state index contributed by atoms with van der Waals surface area (Å²) >= 11 is 0. The van der Waals surface area contributed by atoms with Crippen LogP contribution < -0.4 is 0 Å². The van der Waals surface area contributed by atoms with Crippen LogP contribution in [0, 0.1) is 5.92 Å². The van der Waals surface area contributed by atoms with Crippen molar-refractivity contribution < 1.29 is 9.53 Å². The van der Waals surface area contributed by atoms with Crippen molar-refractivity contribution in [3.05, 3.63) is 66.0 Å². The summed E-state index contributed by atoms with van der Waals surface area (Å²) < 4.78 is 5.40. The number of carbonyl (C=O) groups excluding carboxylic acids is 1. The average Bonchev–Trinajstić information content (AvgIpc) is 2.90. The van der Waals surface area contributed by atoms with Gasteiger partial charge in [0, 0.05) is 58.1 Å². The molecule has 0 spiro atoms. The fourth-order valence-corrected chi connectivity index (χ4v) is 3.51. The molecule has 2 heterocycles. The summed E-state index contributed by atoms with van der Waals surface area (Å²) in [7, 11) is 1.73. The lowest BCUT2D eigenvalue weighted by Gasteiger charge is -2.24. The number of hydrogen-bond acceptors (Lipinski definition) is 4. The molecule has 0 bridgehead atoms. The zero-order valence-corrected chi connectivity index (χ0v) is 15.4. The van der Waals surface area contributed by atoms with Crippen molar-refractivity contribution in [2.24, 2.45) is 5.92 Å². The monoisotopic (exact) mass is 353 g/mol. The van der Waals surface area contributed by atoms with Gasteiger partial charge in [-0.2, -0.15) is 0 Å². The van der Waals surface area contributed by atoms with Gasteiger partial charge < -0.3 is 14.5 Å². The van der Waals surface area contributed by atoms with Crippen LogP contribution in [0.25, 0.3) is 0 Å². The van der Waals surface area contributed by atoms with Gasteiger partial charge in [0.1, 0.15) is 0 Å². The molecule has 0 aliphatic carbocycles. The van der Waals surface area contributed by atoms with E-state index in [-0.39, 0.29) is 5.91 Å². The molecule has 1 aliphatic heterocycles. The number of ether oxygens (including phenoxy) is 1. The summed E-state index contributed by atoms with van der Waals surface area (Å²) in [6.45, 7) is 4.97. The second kappa shape index (κ2) is 9.46. The third-order valence-corrected chi connectivity index (χ3v) is 4.84. The van der Waals surface area contributed by atoms with Crippen molar-refractivity contribution >= 4 is 5.91 Å². The van der Waals surface area contributed by atoms with Crippen LogP contribution in [0.3, 0.4) is 0 Å². The van der Waals surface area contributed by atoms with E-state index in [9.17, 15) is 4.79 Å². The van der Waals surface area contributed by atoms with E-state index in [1.165, 1.54) is 5.56 Å². The zero-order chi connectivity index (χ0) is 18.2. The molecule has 138 valence electrons. The average molecular weight is 353 g/mol. The molecule has 0 N–H and O–H groups in total. The minimum Gasteiger partial charge on any atom is -0.384 e. The summed E-state index contributed by atoms with van der Waals surface area (Å²) in [6, 6.07) is 14.2. The minimum absolute atomic E-state index is 0.0594. The number of rotatable bonds is 6. The highest BCUT2D eigenvalue weighted by atomic mass is 16.5. The maximum absolute atomic E-state index is 12.8. The molecule has 5 heteroatoms. The lowest BCUT2D eigenvalue weighted by Crippen LogP contribution is -2.37. The largest absolute Gasteiger partial charge is 0.384 e. The van der Waals surface area contributed by atoms with Crippen LogP contribution in [0.4, 0.5) is 0 Å². The number of hydrogen-bond donors (Lipinski definition) is 0. The highest BCUT2D eigenvalue weighted by Gasteiger charge is 2.26. The van der Waals surface area contributed by atoms with Crippen molar-refractivity contribution in [3.8, 4) is 0 Å². The molecule has 5 nitrogen and oxygen atoms in total. The second-order valence-electron chi connectivity index (χ2n) is 6.85. The zero-order valence-electron chi connectivity index (χ0n) is 15.4. The van der Waals surface area contributed by atoms with E-state index in [1.54, 1.807) is 19.5 Å². The summed E-state index contributed by atoms with van der Waals surface area (Å²) in [5.41, 5.74) is 2.00. The minimum atomic E-state index is 0.0594. The Morgan fingerprint density at radius 1 is 1.15 bits per heavy atom. The molecule has 1 fully saturated rings. The maximum atomic E-state index is 12.8. The number of benzene rings is 1. The Hall–Kier alpha value is -2.24. The lowest BCUT2D eigenvalue weighted by atomic mass is 10.1. The standard InChI is InChI=1S/C21H27N3O2/c1-26-17-19-15-23(11-9-18-6-3-2-4-7-18)12-13-24(16-19)21(25)20-8-5-10-22-14-20/h2-8,10,14,19H,9,11-13,15-17H2,1H3/t19-/m0/s1. The van der Waals surface area contributed by atoms with Gasteiger partial charge in [-0.05, 0) is 24.1 Å². The first kappa shape index (κ1) is 18.5. The Morgan fingerprint density at radius 3 is 2.73 bits per heavy atom. The lowest BCUT2D eigenvalue weighted by molar-refractivity contribution is 0.0706. The van der Waals surface area contributed by atoms with E-state index in [4.69, 9.17) is 4.74 Å². The first-order valence-corrected chi connectivity index (χ1v) is 9.21. The normalized spacial score (nSPS) is 18.5. The number of amides is 1. The molecule has 1 atom stereocenters. The van der Waals surface area contributed by atoms with Crippen LogP contribution in [0.2, 0.25) is 0 Å². The van der Waals surface area contributed by atoms with Gasteiger partial charge in [0.2, 0.25) is 0 Å². The Bertz CT molecular complexity index is 678. The highest BCUT2D eigenvalue weighted by molar-refractivity contribution is 5.93. The van der Waals surface area contributed by atoms with E-state index >= 15 is 0 Å². The van der Waals surface area contributed by atoms with Gasteiger partial charge >= 0.3 is 0 Å². The Morgan fingerprint density at radius 2 is 2.00 bits per heavy atom. The van der Waals surface area contributed by atoms with Gasteiger partial charge in [-0.1, -0.05) is 30.3 Å². The van der Waals surface area contributed by atoms with Crippen LogP contribution in [0.1, 0.15) is 15.9 Å². The molecule has 1 aromatic heterocycles. The molecule has 0 unspecified atom stereocenters. The molecule has 1 aliphatic rings. The van der Waals surface area contributed by atoms with Gasteiger partial charge in [0.25, 0.3) is 5.91 Å². The van der Waals surface area contributed by atoms with Crippen molar-refractivity contribution in [1.82, 2.24) is 14.8 Å². The SMILES string of the molecule is COC[C@H]1CN(CCc2ccccc2)CCN(C(=O)c2cccnc2)C1. The van der Waals surface area contributed by atoms with Crippen LogP contribution >= 0.6 is 0 Å². The first-order valence-electron chi connectivity index (χ1n) is 9.21. The molecule has 3 rings (SSSR count). The van der Waals surface area contributed by atoms with Crippen molar-refractivity contribution in [2.45, 2.75) is 6.42 Å². The molecule has 1 amide bonds.